The normalized spacial score (nSPS) is 12.1. The Morgan fingerprint density at radius 1 is 1.40 bits per heavy atom. The summed E-state index contributed by atoms with van der Waals surface area (Å²) in [6, 6.07) is 9.91. The van der Waals surface area contributed by atoms with E-state index in [1.54, 1.807) is 0 Å². The Morgan fingerprint density at radius 3 is 2.73 bits per heavy atom. The summed E-state index contributed by atoms with van der Waals surface area (Å²) < 4.78 is 0. The lowest BCUT2D eigenvalue weighted by atomic mass is 10.3. The minimum atomic E-state index is 0.719. The summed E-state index contributed by atoms with van der Waals surface area (Å²) in [7, 11) is 0. The first kappa shape index (κ1) is 12.1. The average Bonchev–Trinajstić information content (AvgIpc) is 2.29. The molecular weight excluding hydrogens is 208 g/mol. The lowest BCUT2D eigenvalue weighted by Gasteiger charge is -2.14. The van der Waals surface area contributed by atoms with Crippen LogP contribution in [0.2, 0.25) is 0 Å². The van der Waals surface area contributed by atoms with Gasteiger partial charge in [0.15, 0.2) is 5.69 Å². The van der Waals surface area contributed by atoms with Gasteiger partial charge in [0, 0.05) is 12.1 Å². The van der Waals surface area contributed by atoms with Crippen LogP contribution in [-0.4, -0.2) is 12.1 Å². The first-order valence-electron chi connectivity index (χ1n) is 5.13. The summed E-state index contributed by atoms with van der Waals surface area (Å²) in [6.45, 7) is 2.86. The van der Waals surface area contributed by atoms with Crippen molar-refractivity contribution >= 4 is 23.4 Å². The molecule has 1 rings (SSSR count). The zero-order valence-corrected chi connectivity index (χ0v) is 9.72. The lowest BCUT2D eigenvalue weighted by molar-refractivity contribution is -1.07. The summed E-state index contributed by atoms with van der Waals surface area (Å²) in [5.74, 6) is 0. The highest BCUT2D eigenvalue weighted by molar-refractivity contribution is 7.78. The second-order valence-electron chi connectivity index (χ2n) is 3.16. The Kier molecular flexibility index (Phi) is 5.92. The van der Waals surface area contributed by atoms with Crippen LogP contribution in [-0.2, 0) is 4.84 Å². The van der Waals surface area contributed by atoms with Crippen molar-refractivity contribution < 1.29 is 10.0 Å². The van der Waals surface area contributed by atoms with Crippen LogP contribution in [0.5, 0.6) is 0 Å². The second-order valence-corrected chi connectivity index (χ2v) is 3.40. The van der Waals surface area contributed by atoms with Crippen molar-refractivity contribution in [3.05, 3.63) is 30.3 Å². The Labute approximate surface area is 96.0 Å². The Morgan fingerprint density at radius 2 is 2.13 bits per heavy atom. The lowest BCUT2D eigenvalue weighted by Crippen LogP contribution is -3.13. The number of unbranched alkanes of at least 4 members (excludes halogenated alkanes) is 1. The van der Waals surface area contributed by atoms with Crippen LogP contribution in [0.15, 0.2) is 30.3 Å². The molecule has 4 heteroatoms. The molecule has 0 aliphatic rings. The van der Waals surface area contributed by atoms with Crippen molar-refractivity contribution in [1.29, 1.82) is 0 Å². The van der Waals surface area contributed by atoms with Gasteiger partial charge in [-0.2, -0.15) is 10.3 Å². The summed E-state index contributed by atoms with van der Waals surface area (Å²) >= 11 is 4.77. The highest BCUT2D eigenvalue weighted by atomic mass is 32.1. The molecule has 0 spiro atoms. The molecule has 1 aromatic carbocycles. The van der Waals surface area contributed by atoms with E-state index in [-0.39, 0.29) is 0 Å². The van der Waals surface area contributed by atoms with Crippen molar-refractivity contribution in [3.63, 3.8) is 0 Å². The van der Waals surface area contributed by atoms with Crippen molar-refractivity contribution in [2.45, 2.75) is 19.8 Å². The molecule has 3 nitrogen and oxygen atoms in total. The van der Waals surface area contributed by atoms with E-state index in [0.717, 1.165) is 30.3 Å². The molecule has 1 aromatic rings. The zero-order valence-electron chi connectivity index (χ0n) is 8.90. The second kappa shape index (κ2) is 7.34. The number of hydrogen-bond acceptors (Lipinski definition) is 2. The van der Waals surface area contributed by atoms with Gasteiger partial charge in [0.1, 0.15) is 12.1 Å². The van der Waals surface area contributed by atoms with E-state index in [1.807, 2.05) is 30.3 Å². The van der Waals surface area contributed by atoms with Crippen molar-refractivity contribution in [1.82, 2.24) is 5.43 Å². The third-order valence-electron chi connectivity index (χ3n) is 1.97. The van der Waals surface area contributed by atoms with E-state index in [1.165, 1.54) is 5.49 Å². The highest BCUT2D eigenvalue weighted by Gasteiger charge is 2.10. The Balaban J connectivity index is 2.53. The van der Waals surface area contributed by atoms with Gasteiger partial charge in [-0.05, 0) is 6.42 Å². The summed E-state index contributed by atoms with van der Waals surface area (Å²) in [6.07, 6.45) is 2.18. The van der Waals surface area contributed by atoms with Gasteiger partial charge in [0.25, 0.3) is 0 Å². The fourth-order valence-corrected chi connectivity index (χ4v) is 1.28. The molecule has 0 saturated carbocycles. The molecule has 0 heterocycles. The zero-order chi connectivity index (χ0) is 10.9. The Hall–Kier alpha value is -0.970. The molecule has 1 unspecified atom stereocenters. The maximum atomic E-state index is 5.62. The number of thiocarbonyl (C=S) groups is 1. The van der Waals surface area contributed by atoms with Crippen LogP contribution in [0.3, 0.4) is 0 Å². The minimum absolute atomic E-state index is 0.719. The maximum absolute atomic E-state index is 5.62. The largest absolute Gasteiger partial charge is 0.197 e. The number of rotatable bonds is 7. The fourth-order valence-electron chi connectivity index (χ4n) is 1.17. The van der Waals surface area contributed by atoms with Gasteiger partial charge >= 0.3 is 0 Å². The van der Waals surface area contributed by atoms with Gasteiger partial charge in [-0.25, -0.2) is 0 Å². The van der Waals surface area contributed by atoms with Gasteiger partial charge in [-0.3, -0.25) is 0 Å². The van der Waals surface area contributed by atoms with Crippen LogP contribution in [0.1, 0.15) is 19.8 Å². The third-order valence-corrected chi connectivity index (χ3v) is 2.09. The number of quaternary nitrogens is 1. The molecule has 0 saturated heterocycles. The molecule has 0 fully saturated rings. The quantitative estimate of drug-likeness (QED) is 0.417. The van der Waals surface area contributed by atoms with E-state index < -0.39 is 0 Å². The van der Waals surface area contributed by atoms with Crippen molar-refractivity contribution in [2.75, 3.05) is 6.61 Å². The Bertz CT molecular complexity index is 279. The molecule has 0 amide bonds. The average molecular weight is 225 g/mol. The molecule has 2 N–H and O–H groups in total. The van der Waals surface area contributed by atoms with E-state index in [0.29, 0.717) is 0 Å². The first-order chi connectivity index (χ1) is 7.38. The number of nitrogens with one attached hydrogen (secondary N) is 2. The molecule has 1 atom stereocenters. The number of hydrogen-bond donors (Lipinski definition) is 2. The van der Waals surface area contributed by atoms with Gasteiger partial charge in [0.2, 0.25) is 0 Å². The fraction of sp³-hybridized carbons (Fsp3) is 0.364. The molecule has 15 heavy (non-hydrogen) atoms. The molecule has 0 aliphatic carbocycles. The molecule has 0 bridgehead atoms. The smallest absolute Gasteiger partial charge is 0.188 e. The standard InChI is InChI=1S/C11H16N2OS/c1-2-3-9-14-13(12-10-15)11-7-5-4-6-8-11/h4-8,10H,2-3,9H2,1H3,(H,12,15)/p+1. The molecular formula is C11H17N2OS+. The van der Waals surface area contributed by atoms with E-state index >= 15 is 0 Å². The van der Waals surface area contributed by atoms with Crippen LogP contribution in [0, 0.1) is 0 Å². The van der Waals surface area contributed by atoms with Crippen molar-refractivity contribution in [2.24, 2.45) is 0 Å². The number of para-hydroxylation sites is 1. The van der Waals surface area contributed by atoms with Crippen LogP contribution >= 0.6 is 12.2 Å². The molecule has 82 valence electrons. The van der Waals surface area contributed by atoms with E-state index in [4.69, 9.17) is 17.1 Å². The predicted octanol–water partition coefficient (Wildman–Crippen LogP) is 1.40. The van der Waals surface area contributed by atoms with Crippen LogP contribution < -0.4 is 10.6 Å². The molecule has 0 radical (unpaired) electrons. The summed E-state index contributed by atoms with van der Waals surface area (Å²) in [5, 5.41) is 0.735. The molecule has 0 aliphatic heterocycles. The minimum Gasteiger partial charge on any atom is -0.197 e. The maximum Gasteiger partial charge on any atom is 0.188 e. The van der Waals surface area contributed by atoms with Crippen molar-refractivity contribution in [3.8, 4) is 0 Å². The summed E-state index contributed by atoms with van der Waals surface area (Å²) in [5.41, 5.74) is 5.43. The van der Waals surface area contributed by atoms with E-state index in [2.05, 4.69) is 12.3 Å². The predicted molar refractivity (Wildman–Crippen MR) is 64.7 cm³/mol. The highest BCUT2D eigenvalue weighted by Crippen LogP contribution is 1.97. The van der Waals surface area contributed by atoms with Crippen LogP contribution in [0.25, 0.3) is 0 Å². The van der Waals surface area contributed by atoms with Crippen LogP contribution in [0.4, 0.5) is 5.69 Å². The van der Waals surface area contributed by atoms with Gasteiger partial charge in [0.05, 0.1) is 0 Å². The van der Waals surface area contributed by atoms with Gasteiger partial charge in [-0.15, -0.1) is 0 Å². The first-order valence-corrected chi connectivity index (χ1v) is 5.61. The molecule has 0 aromatic heterocycles. The van der Waals surface area contributed by atoms with Gasteiger partial charge < -0.3 is 0 Å². The van der Waals surface area contributed by atoms with Gasteiger partial charge in [-0.1, -0.05) is 48.9 Å². The summed E-state index contributed by atoms with van der Waals surface area (Å²) in [4.78, 5) is 5.62. The number of benzene rings is 1. The van der Waals surface area contributed by atoms with E-state index in [9.17, 15) is 0 Å². The third kappa shape index (κ3) is 4.38. The topological polar surface area (TPSA) is 25.7 Å². The SMILES string of the molecule is CCCCO[NH+](NC=S)c1ccccc1. The monoisotopic (exact) mass is 225 g/mol.